The number of rotatable bonds is 6. The fraction of sp³-hybridized carbons (Fsp3) is 0.273. The average molecular weight is 413 g/mol. The van der Waals surface area contributed by atoms with E-state index in [0.717, 1.165) is 51.1 Å². The minimum absolute atomic E-state index is 0.200. The number of hydrogen-bond acceptors (Lipinski definition) is 5. The van der Waals surface area contributed by atoms with E-state index in [1.165, 1.54) is 11.3 Å². The van der Waals surface area contributed by atoms with Crippen molar-refractivity contribution in [1.82, 2.24) is 4.98 Å². The molecule has 28 heavy (non-hydrogen) atoms. The highest BCUT2D eigenvalue weighted by Crippen LogP contribution is 2.36. The number of ether oxygens (including phenoxy) is 1. The minimum Gasteiger partial charge on any atom is -0.466 e. The Morgan fingerprint density at radius 3 is 2.75 bits per heavy atom. The number of hydrogen-bond donors (Lipinski definition) is 1. The van der Waals surface area contributed by atoms with E-state index >= 15 is 0 Å². The second kappa shape index (κ2) is 8.33. The molecule has 2 aromatic heterocycles. The molecule has 1 aliphatic carbocycles. The SMILES string of the molecule is CCOC(=O)Cc1ccc(Nc2cc(-c3ccc(Cl)s3)nc3c2CCC3)cc1. The number of carbonyl (C=O) groups excluding carboxylic acids is 1. The van der Waals surface area contributed by atoms with Crippen LogP contribution in [-0.2, 0) is 28.8 Å². The molecule has 0 atom stereocenters. The molecule has 144 valence electrons. The Hall–Kier alpha value is -2.37. The normalized spacial score (nSPS) is 12.6. The molecule has 0 amide bonds. The lowest BCUT2D eigenvalue weighted by Gasteiger charge is -2.13. The number of pyridine rings is 1. The monoisotopic (exact) mass is 412 g/mol. The van der Waals surface area contributed by atoms with E-state index in [1.54, 1.807) is 11.3 Å². The van der Waals surface area contributed by atoms with Crippen LogP contribution in [-0.4, -0.2) is 17.6 Å². The van der Waals surface area contributed by atoms with Crippen LogP contribution in [0, 0.1) is 0 Å². The lowest BCUT2D eigenvalue weighted by Crippen LogP contribution is -2.07. The van der Waals surface area contributed by atoms with Gasteiger partial charge in [-0.1, -0.05) is 23.7 Å². The molecule has 4 rings (SSSR count). The Morgan fingerprint density at radius 2 is 2.04 bits per heavy atom. The smallest absolute Gasteiger partial charge is 0.310 e. The number of aryl methyl sites for hydroxylation is 1. The van der Waals surface area contributed by atoms with Gasteiger partial charge in [0, 0.05) is 17.1 Å². The van der Waals surface area contributed by atoms with Crippen molar-refractivity contribution in [2.45, 2.75) is 32.6 Å². The Kier molecular flexibility index (Phi) is 5.64. The summed E-state index contributed by atoms with van der Waals surface area (Å²) in [4.78, 5) is 17.6. The van der Waals surface area contributed by atoms with Gasteiger partial charge in [-0.15, -0.1) is 11.3 Å². The number of nitrogens with zero attached hydrogens (tertiary/aromatic N) is 1. The van der Waals surface area contributed by atoms with Gasteiger partial charge in [-0.25, -0.2) is 0 Å². The quantitative estimate of drug-likeness (QED) is 0.519. The Bertz CT molecular complexity index is 998. The van der Waals surface area contributed by atoms with E-state index in [-0.39, 0.29) is 5.97 Å². The number of aromatic nitrogens is 1. The highest BCUT2D eigenvalue weighted by Gasteiger charge is 2.19. The lowest BCUT2D eigenvalue weighted by atomic mass is 10.1. The lowest BCUT2D eigenvalue weighted by molar-refractivity contribution is -0.142. The summed E-state index contributed by atoms with van der Waals surface area (Å²) in [5, 5.41) is 3.54. The summed E-state index contributed by atoms with van der Waals surface area (Å²) in [6.45, 7) is 2.22. The first kappa shape index (κ1) is 19.0. The van der Waals surface area contributed by atoms with Gasteiger partial charge in [-0.2, -0.15) is 0 Å². The van der Waals surface area contributed by atoms with Crippen molar-refractivity contribution >= 4 is 40.3 Å². The van der Waals surface area contributed by atoms with Gasteiger partial charge in [-0.05, 0) is 67.6 Å². The Labute approximate surface area is 173 Å². The molecule has 6 heteroatoms. The fourth-order valence-electron chi connectivity index (χ4n) is 3.47. The summed E-state index contributed by atoms with van der Waals surface area (Å²) < 4.78 is 5.78. The third-order valence-corrected chi connectivity index (χ3v) is 6.02. The third-order valence-electron chi connectivity index (χ3n) is 4.76. The minimum atomic E-state index is -0.200. The van der Waals surface area contributed by atoms with Crippen molar-refractivity contribution in [3.63, 3.8) is 0 Å². The van der Waals surface area contributed by atoms with Gasteiger partial charge in [-0.3, -0.25) is 9.78 Å². The van der Waals surface area contributed by atoms with Crippen molar-refractivity contribution in [1.29, 1.82) is 0 Å². The van der Waals surface area contributed by atoms with Crippen molar-refractivity contribution in [2.24, 2.45) is 0 Å². The van der Waals surface area contributed by atoms with E-state index in [2.05, 4.69) is 11.4 Å². The van der Waals surface area contributed by atoms with E-state index < -0.39 is 0 Å². The first-order valence-electron chi connectivity index (χ1n) is 9.42. The predicted octanol–water partition coefficient (Wildman–Crippen LogP) is 5.80. The van der Waals surface area contributed by atoms with Gasteiger partial charge >= 0.3 is 5.97 Å². The molecule has 0 aliphatic heterocycles. The molecular weight excluding hydrogens is 392 g/mol. The van der Waals surface area contributed by atoms with Crippen LogP contribution >= 0.6 is 22.9 Å². The molecule has 0 saturated heterocycles. The van der Waals surface area contributed by atoms with E-state index in [9.17, 15) is 4.79 Å². The maximum absolute atomic E-state index is 11.6. The summed E-state index contributed by atoms with van der Waals surface area (Å²) in [6.07, 6.45) is 3.47. The van der Waals surface area contributed by atoms with Crippen molar-refractivity contribution in [2.75, 3.05) is 11.9 Å². The molecule has 4 nitrogen and oxygen atoms in total. The zero-order valence-electron chi connectivity index (χ0n) is 15.6. The average Bonchev–Trinajstić information content (AvgIpc) is 3.32. The summed E-state index contributed by atoms with van der Waals surface area (Å²) in [6, 6.07) is 14.0. The topological polar surface area (TPSA) is 51.2 Å². The molecule has 0 bridgehead atoms. The number of benzene rings is 1. The zero-order valence-corrected chi connectivity index (χ0v) is 17.2. The number of fused-ring (bicyclic) bond motifs is 1. The third kappa shape index (κ3) is 4.21. The first-order chi connectivity index (χ1) is 13.6. The Morgan fingerprint density at radius 1 is 1.21 bits per heavy atom. The summed E-state index contributed by atoms with van der Waals surface area (Å²) in [5.41, 5.74) is 6.45. The van der Waals surface area contributed by atoms with E-state index in [0.29, 0.717) is 13.0 Å². The maximum atomic E-state index is 11.6. The van der Waals surface area contributed by atoms with Crippen molar-refractivity contribution in [3.8, 4) is 10.6 Å². The summed E-state index contributed by atoms with van der Waals surface area (Å²) >= 11 is 7.65. The van der Waals surface area contributed by atoms with Crippen LogP contribution in [0.3, 0.4) is 0 Å². The number of thiophene rings is 1. The molecule has 3 aromatic rings. The van der Waals surface area contributed by atoms with Crippen LogP contribution in [0.25, 0.3) is 10.6 Å². The van der Waals surface area contributed by atoms with Crippen LogP contribution in [0.1, 0.15) is 30.2 Å². The van der Waals surface area contributed by atoms with Crippen LogP contribution in [0.5, 0.6) is 0 Å². The van der Waals surface area contributed by atoms with Crippen molar-refractivity contribution < 1.29 is 9.53 Å². The molecule has 0 unspecified atom stereocenters. The highest BCUT2D eigenvalue weighted by atomic mass is 35.5. The van der Waals surface area contributed by atoms with Crippen LogP contribution in [0.4, 0.5) is 11.4 Å². The molecular formula is C22H21ClN2O2S. The molecule has 0 spiro atoms. The van der Waals surface area contributed by atoms with Crippen LogP contribution < -0.4 is 5.32 Å². The first-order valence-corrected chi connectivity index (χ1v) is 10.6. The number of halogens is 1. The highest BCUT2D eigenvalue weighted by molar-refractivity contribution is 7.19. The summed E-state index contributed by atoms with van der Waals surface area (Å²) in [5.74, 6) is -0.200. The van der Waals surface area contributed by atoms with Gasteiger partial charge in [0.05, 0.1) is 27.9 Å². The zero-order chi connectivity index (χ0) is 19.5. The number of anilines is 2. The van der Waals surface area contributed by atoms with E-state index in [1.807, 2.05) is 43.3 Å². The second-order valence-electron chi connectivity index (χ2n) is 6.74. The van der Waals surface area contributed by atoms with E-state index in [4.69, 9.17) is 21.3 Å². The predicted molar refractivity (Wildman–Crippen MR) is 115 cm³/mol. The molecule has 1 aliphatic rings. The number of nitrogens with one attached hydrogen (secondary N) is 1. The van der Waals surface area contributed by atoms with Gasteiger partial charge in [0.25, 0.3) is 0 Å². The molecule has 0 fully saturated rings. The molecule has 1 N–H and O–H groups in total. The van der Waals surface area contributed by atoms with Gasteiger partial charge < -0.3 is 10.1 Å². The second-order valence-corrected chi connectivity index (χ2v) is 8.46. The number of carbonyl (C=O) groups is 1. The Balaban J connectivity index is 1.57. The van der Waals surface area contributed by atoms with Gasteiger partial charge in [0.2, 0.25) is 0 Å². The standard InChI is InChI=1S/C22H21ClN2O2S/c1-2-27-22(26)12-14-6-8-15(9-7-14)24-18-13-19(20-10-11-21(23)28-20)25-17-5-3-4-16(17)18/h6-11,13H,2-5,12H2,1H3,(H,24,25). The maximum Gasteiger partial charge on any atom is 0.310 e. The van der Waals surface area contributed by atoms with Gasteiger partial charge in [0.15, 0.2) is 0 Å². The molecule has 1 aromatic carbocycles. The fourth-order valence-corrected chi connectivity index (χ4v) is 4.48. The van der Waals surface area contributed by atoms with Gasteiger partial charge in [0.1, 0.15) is 0 Å². The largest absolute Gasteiger partial charge is 0.466 e. The molecule has 0 saturated carbocycles. The molecule has 0 radical (unpaired) electrons. The number of esters is 1. The van der Waals surface area contributed by atoms with Crippen molar-refractivity contribution in [3.05, 3.63) is 63.6 Å². The summed E-state index contributed by atoms with van der Waals surface area (Å²) in [7, 11) is 0. The van der Waals surface area contributed by atoms with Crippen LogP contribution in [0.15, 0.2) is 42.5 Å². The molecule has 2 heterocycles. The van der Waals surface area contributed by atoms with Crippen LogP contribution in [0.2, 0.25) is 4.34 Å².